The molecule has 39 heavy (non-hydrogen) atoms. The molecule has 0 radical (unpaired) electrons. The number of carbonyl (C=O) groups excluding carboxylic acids is 3. The number of likely N-dealkylation sites (tertiary alicyclic amines) is 1. The van der Waals surface area contributed by atoms with Crippen LogP contribution >= 0.6 is 39.3 Å². The highest BCUT2D eigenvalue weighted by molar-refractivity contribution is 9.09. The maximum Gasteiger partial charge on any atom is 0.310 e. The summed E-state index contributed by atoms with van der Waals surface area (Å²) in [5.74, 6) is -2.53. The Labute approximate surface area is 248 Å². The first-order chi connectivity index (χ1) is 18.6. The zero-order valence-corrected chi connectivity index (χ0v) is 25.5. The van der Waals surface area contributed by atoms with Crippen LogP contribution in [-0.4, -0.2) is 74.5 Å². The summed E-state index contributed by atoms with van der Waals surface area (Å²) in [6.07, 6.45) is 5.31. The molecule has 1 spiro atoms. The average Bonchev–Trinajstić information content (AvgIpc) is 3.49. The largest absolute Gasteiger partial charge is 0.465 e. The molecule has 0 aromatic heterocycles. The van der Waals surface area contributed by atoms with Crippen molar-refractivity contribution in [2.45, 2.75) is 60.0 Å². The summed E-state index contributed by atoms with van der Waals surface area (Å²) in [6.45, 7) is 11.5. The molecule has 1 aromatic carbocycles. The lowest BCUT2D eigenvalue weighted by Crippen LogP contribution is -2.59. The fourth-order valence-corrected chi connectivity index (χ4v) is 10.2. The van der Waals surface area contributed by atoms with Crippen LogP contribution in [0, 0.1) is 17.8 Å². The lowest BCUT2D eigenvalue weighted by Gasteiger charge is -2.41. The summed E-state index contributed by atoms with van der Waals surface area (Å²) in [4.78, 5) is 45.5. The number of allylic oxidation sites excluding steroid dienone is 1. The van der Waals surface area contributed by atoms with E-state index >= 15 is 0 Å². The number of benzene rings is 1. The molecule has 2 amide bonds. The Bertz CT molecular complexity index is 1130. The zero-order chi connectivity index (χ0) is 28.5. The van der Waals surface area contributed by atoms with Crippen LogP contribution in [0.4, 0.5) is 5.69 Å². The highest BCUT2D eigenvalue weighted by atomic mass is 79.9. The monoisotopic (exact) mass is 638 g/mol. The van der Waals surface area contributed by atoms with E-state index in [9.17, 15) is 19.5 Å². The number of aliphatic hydroxyl groups is 1. The number of rotatable bonds is 12. The highest BCUT2D eigenvalue weighted by Crippen LogP contribution is 2.68. The molecule has 2 bridgehead atoms. The summed E-state index contributed by atoms with van der Waals surface area (Å²) < 4.78 is 4.79. The van der Waals surface area contributed by atoms with Crippen molar-refractivity contribution in [1.82, 2.24) is 4.90 Å². The van der Waals surface area contributed by atoms with E-state index in [1.165, 1.54) is 0 Å². The zero-order valence-electron chi connectivity index (χ0n) is 22.3. The topological polar surface area (TPSA) is 87.1 Å². The quantitative estimate of drug-likeness (QED) is 0.152. The Morgan fingerprint density at radius 3 is 2.67 bits per heavy atom. The van der Waals surface area contributed by atoms with E-state index in [0.717, 1.165) is 6.42 Å². The average molecular weight is 640 g/mol. The van der Waals surface area contributed by atoms with Crippen molar-refractivity contribution in [3.8, 4) is 0 Å². The van der Waals surface area contributed by atoms with Gasteiger partial charge < -0.3 is 19.6 Å². The number of anilines is 1. The number of hydrogen-bond donors (Lipinski definition) is 1. The van der Waals surface area contributed by atoms with Crippen LogP contribution < -0.4 is 4.90 Å². The van der Waals surface area contributed by atoms with E-state index in [0.29, 0.717) is 23.6 Å². The first-order valence-corrected chi connectivity index (χ1v) is 15.5. The predicted octanol–water partition coefficient (Wildman–Crippen LogP) is 4.85. The molecule has 3 aliphatic heterocycles. The number of ether oxygens (including phenoxy) is 1. The summed E-state index contributed by atoms with van der Waals surface area (Å²) in [5.41, 5.74) is 0.521. The third-order valence-corrected chi connectivity index (χ3v) is 11.6. The maximum atomic E-state index is 14.6. The third kappa shape index (κ3) is 5.20. The van der Waals surface area contributed by atoms with Crippen molar-refractivity contribution in [1.29, 1.82) is 0 Å². The summed E-state index contributed by atoms with van der Waals surface area (Å²) >= 11 is 11.8. The second-order valence-corrected chi connectivity index (χ2v) is 13.8. The summed E-state index contributed by atoms with van der Waals surface area (Å²) in [7, 11) is 0. The van der Waals surface area contributed by atoms with Gasteiger partial charge in [0.1, 0.15) is 6.04 Å². The Balaban J connectivity index is 1.80. The van der Waals surface area contributed by atoms with Gasteiger partial charge in [0.05, 0.1) is 46.5 Å². The van der Waals surface area contributed by atoms with Gasteiger partial charge in [-0.2, -0.15) is 0 Å². The van der Waals surface area contributed by atoms with Crippen molar-refractivity contribution in [3.05, 3.63) is 54.6 Å². The summed E-state index contributed by atoms with van der Waals surface area (Å²) in [6, 6.07) is 5.57. The van der Waals surface area contributed by atoms with Crippen LogP contribution in [0.1, 0.15) is 33.1 Å². The predicted molar refractivity (Wildman–Crippen MR) is 159 cm³/mol. The Morgan fingerprint density at radius 1 is 1.33 bits per heavy atom. The molecule has 0 saturated carbocycles. The molecule has 7 nitrogen and oxygen atoms in total. The van der Waals surface area contributed by atoms with Crippen molar-refractivity contribution in [2.24, 2.45) is 17.8 Å². The smallest absolute Gasteiger partial charge is 0.310 e. The molecule has 3 unspecified atom stereocenters. The fraction of sp³-hybridized carbons (Fsp3) is 0.552. The van der Waals surface area contributed by atoms with Crippen LogP contribution in [0.2, 0.25) is 5.02 Å². The number of fused-ring (bicyclic) bond motifs is 1. The molecule has 3 aliphatic rings. The van der Waals surface area contributed by atoms with Crippen LogP contribution in [0.5, 0.6) is 0 Å². The summed E-state index contributed by atoms with van der Waals surface area (Å²) in [5, 5.41) is 10.6. The molecule has 0 aliphatic carbocycles. The SMILES string of the molecule is C=CCCCOC(=O)[C@H]1[C@H]2C(=O)N([C@@H](CO)C(C)C)C(C(=O)N(CC=C)c3ccccc3Cl)C23CC(Br)[C@@H]1S3. The van der Waals surface area contributed by atoms with Crippen molar-refractivity contribution < 1.29 is 24.2 Å². The number of alkyl halides is 1. The van der Waals surface area contributed by atoms with Gasteiger partial charge >= 0.3 is 5.97 Å². The Kier molecular flexibility index (Phi) is 9.56. The number of amides is 2. The number of para-hydroxylation sites is 1. The maximum absolute atomic E-state index is 14.6. The van der Waals surface area contributed by atoms with Crippen LogP contribution in [0.3, 0.4) is 0 Å². The lowest BCUT2D eigenvalue weighted by molar-refractivity contribution is -0.154. The van der Waals surface area contributed by atoms with E-state index in [2.05, 4.69) is 29.1 Å². The first-order valence-electron chi connectivity index (χ1n) is 13.3. The van der Waals surface area contributed by atoms with E-state index in [1.807, 2.05) is 13.8 Å². The van der Waals surface area contributed by atoms with E-state index in [-0.39, 0.29) is 47.6 Å². The number of thioether (sulfide) groups is 1. The van der Waals surface area contributed by atoms with Crippen LogP contribution in [0.15, 0.2) is 49.6 Å². The number of halogens is 2. The fourth-order valence-electron chi connectivity index (χ4n) is 6.34. The molecule has 4 rings (SSSR count). The molecule has 3 saturated heterocycles. The number of carbonyl (C=O) groups is 3. The van der Waals surface area contributed by atoms with Gasteiger partial charge in [0.25, 0.3) is 5.91 Å². The molecule has 3 heterocycles. The van der Waals surface area contributed by atoms with Gasteiger partial charge in [0, 0.05) is 16.6 Å². The van der Waals surface area contributed by atoms with Gasteiger partial charge in [-0.1, -0.05) is 65.7 Å². The lowest BCUT2D eigenvalue weighted by atomic mass is 9.71. The number of unbranched alkanes of at least 4 members (excludes halogenated alkanes) is 1. The Morgan fingerprint density at radius 2 is 2.05 bits per heavy atom. The van der Waals surface area contributed by atoms with Gasteiger partial charge in [-0.3, -0.25) is 14.4 Å². The molecule has 1 aromatic rings. The minimum Gasteiger partial charge on any atom is -0.465 e. The normalized spacial score (nSPS) is 29.8. The number of esters is 1. The Hall–Kier alpha value is -1.81. The minimum atomic E-state index is -0.903. The molecular weight excluding hydrogens is 604 g/mol. The van der Waals surface area contributed by atoms with Crippen molar-refractivity contribution in [2.75, 3.05) is 24.7 Å². The number of aliphatic hydroxyl groups excluding tert-OH is 1. The number of nitrogens with zero attached hydrogens (tertiary/aromatic N) is 2. The minimum absolute atomic E-state index is 0.0766. The van der Waals surface area contributed by atoms with E-state index in [4.69, 9.17) is 16.3 Å². The second kappa shape index (κ2) is 12.4. The standard InChI is InChI=1S/C29H36BrClN2O5S/c1-5-7-10-14-38-28(37)22-23-26(35)33(21(16-34)17(3)4)25(29(23)15-18(30)24(22)39-29)27(36)32(13-6-2)20-12-9-8-11-19(20)31/h5-6,8-9,11-12,17-18,21-25,34H,1-2,7,10,13-16H2,3-4H3/t18?,21-,22-,23-,24-,25?,29?/m0/s1. The third-order valence-electron chi connectivity index (χ3n) is 8.06. The molecule has 1 N–H and O–H groups in total. The molecule has 7 atom stereocenters. The second-order valence-electron chi connectivity index (χ2n) is 10.7. The molecule has 212 valence electrons. The van der Waals surface area contributed by atoms with Crippen LogP contribution in [-0.2, 0) is 19.1 Å². The van der Waals surface area contributed by atoms with Crippen molar-refractivity contribution >= 4 is 62.8 Å². The molecular formula is C29H36BrClN2O5S. The van der Waals surface area contributed by atoms with Gasteiger partial charge in [-0.25, -0.2) is 0 Å². The first kappa shape index (κ1) is 30.2. The molecule has 3 fully saturated rings. The van der Waals surface area contributed by atoms with Gasteiger partial charge in [-0.15, -0.1) is 24.9 Å². The van der Waals surface area contributed by atoms with Gasteiger partial charge in [0.15, 0.2) is 0 Å². The van der Waals surface area contributed by atoms with Crippen molar-refractivity contribution in [3.63, 3.8) is 0 Å². The van der Waals surface area contributed by atoms with E-state index in [1.54, 1.807) is 58.0 Å². The van der Waals surface area contributed by atoms with E-state index < -0.39 is 34.6 Å². The number of hydrogen-bond acceptors (Lipinski definition) is 6. The van der Waals surface area contributed by atoms with Crippen LogP contribution in [0.25, 0.3) is 0 Å². The van der Waals surface area contributed by atoms with Gasteiger partial charge in [0.2, 0.25) is 5.91 Å². The van der Waals surface area contributed by atoms with Gasteiger partial charge in [-0.05, 0) is 37.3 Å². The highest BCUT2D eigenvalue weighted by Gasteiger charge is 2.76. The molecule has 10 heteroatoms.